The Balaban J connectivity index is 1.57. The van der Waals surface area contributed by atoms with Gasteiger partial charge in [0.25, 0.3) is 0 Å². The van der Waals surface area contributed by atoms with Crippen molar-refractivity contribution in [3.05, 3.63) is 41.3 Å². The lowest BCUT2D eigenvalue weighted by Gasteiger charge is -2.48. The van der Waals surface area contributed by atoms with Gasteiger partial charge in [-0.25, -0.2) is 9.48 Å². The van der Waals surface area contributed by atoms with Crippen molar-refractivity contribution in [3.63, 3.8) is 0 Å². The Morgan fingerprint density at radius 3 is 2.46 bits per heavy atom. The van der Waals surface area contributed by atoms with Crippen LogP contribution in [0.2, 0.25) is 5.28 Å². The van der Waals surface area contributed by atoms with Gasteiger partial charge < -0.3 is 15.0 Å². The maximum atomic E-state index is 13.2. The summed E-state index contributed by atoms with van der Waals surface area (Å²) in [5, 5.41) is 7.70. The molecule has 1 aliphatic rings. The summed E-state index contributed by atoms with van der Waals surface area (Å²) in [4.78, 5) is 22.8. The van der Waals surface area contributed by atoms with Crippen molar-refractivity contribution >= 4 is 34.5 Å². The molecule has 35 heavy (non-hydrogen) atoms. The minimum atomic E-state index is -4.48. The van der Waals surface area contributed by atoms with Gasteiger partial charge in [-0.15, -0.1) is 0 Å². The van der Waals surface area contributed by atoms with E-state index in [2.05, 4.69) is 20.4 Å². The van der Waals surface area contributed by atoms with Gasteiger partial charge in [0.2, 0.25) is 5.28 Å². The van der Waals surface area contributed by atoms with Crippen LogP contribution in [0, 0.1) is 5.92 Å². The number of hydrogen-bond donors (Lipinski definition) is 1. The number of carbonyl (C=O) groups is 1. The van der Waals surface area contributed by atoms with Crippen LogP contribution in [0.25, 0.3) is 16.7 Å². The zero-order valence-corrected chi connectivity index (χ0v) is 20.7. The molecule has 0 atom stereocenters. The predicted octanol–water partition coefficient (Wildman–Crippen LogP) is 5.23. The van der Waals surface area contributed by atoms with E-state index in [4.69, 9.17) is 16.3 Å². The van der Waals surface area contributed by atoms with E-state index in [-0.39, 0.29) is 16.9 Å². The number of rotatable bonds is 4. The van der Waals surface area contributed by atoms with Crippen LogP contribution in [0.5, 0.6) is 0 Å². The van der Waals surface area contributed by atoms with Crippen LogP contribution < -0.4 is 10.2 Å². The molecule has 1 N–H and O–H groups in total. The molecule has 1 aromatic carbocycles. The molecule has 12 heteroatoms. The quantitative estimate of drug-likeness (QED) is 0.484. The summed E-state index contributed by atoms with van der Waals surface area (Å²) >= 11 is 6.18. The molecule has 1 saturated heterocycles. The topological polar surface area (TPSA) is 85.2 Å². The number of ether oxygens (including phenoxy) is 1. The number of nitrogens with zero attached hydrogens (tertiary/aromatic N) is 5. The zero-order chi connectivity index (χ0) is 25.8. The third-order valence-electron chi connectivity index (χ3n) is 5.82. The van der Waals surface area contributed by atoms with Crippen LogP contribution in [0.3, 0.4) is 0 Å². The molecule has 1 aliphatic heterocycles. The molecule has 0 unspecified atom stereocenters. The minimum Gasteiger partial charge on any atom is -0.444 e. The number of anilines is 1. The van der Waals surface area contributed by atoms with Crippen LogP contribution in [0.15, 0.2) is 30.5 Å². The molecule has 3 aromatic rings. The maximum absolute atomic E-state index is 13.2. The van der Waals surface area contributed by atoms with Crippen molar-refractivity contribution in [2.45, 2.75) is 51.9 Å². The molecule has 3 heterocycles. The minimum absolute atomic E-state index is 0.0455. The van der Waals surface area contributed by atoms with Gasteiger partial charge in [-0.1, -0.05) is 6.07 Å². The number of amides is 1. The molecule has 0 aliphatic carbocycles. The smallest absolute Gasteiger partial charge is 0.416 e. The number of carbonyl (C=O) groups excluding carboxylic acids is 1. The molecule has 188 valence electrons. The number of nitrogens with one attached hydrogen (secondary N) is 1. The van der Waals surface area contributed by atoms with Gasteiger partial charge in [0, 0.05) is 24.5 Å². The van der Waals surface area contributed by atoms with Gasteiger partial charge in [0.1, 0.15) is 11.4 Å². The van der Waals surface area contributed by atoms with E-state index in [1.54, 1.807) is 20.8 Å². The lowest BCUT2D eigenvalue weighted by atomic mass is 9.81. The number of alkyl halides is 3. The molecule has 0 saturated carbocycles. The summed E-state index contributed by atoms with van der Waals surface area (Å²) in [6.45, 7) is 10.4. The summed E-state index contributed by atoms with van der Waals surface area (Å²) < 4.78 is 46.2. The third kappa shape index (κ3) is 5.29. The fourth-order valence-corrected chi connectivity index (χ4v) is 4.05. The second-order valence-corrected chi connectivity index (χ2v) is 10.4. The van der Waals surface area contributed by atoms with Crippen LogP contribution in [0.4, 0.5) is 23.8 Å². The molecule has 1 amide bonds. The first-order valence-electron chi connectivity index (χ1n) is 11.0. The predicted molar refractivity (Wildman–Crippen MR) is 126 cm³/mol. The van der Waals surface area contributed by atoms with E-state index in [0.29, 0.717) is 29.9 Å². The number of fused-ring (bicyclic) bond motifs is 1. The number of benzene rings is 1. The Morgan fingerprint density at radius 1 is 1.14 bits per heavy atom. The van der Waals surface area contributed by atoms with Crippen molar-refractivity contribution in [3.8, 4) is 5.69 Å². The molecular formula is C23H26ClF3N6O2. The van der Waals surface area contributed by atoms with Crippen molar-refractivity contribution in [2.75, 3.05) is 18.0 Å². The van der Waals surface area contributed by atoms with Crippen molar-refractivity contribution in [1.29, 1.82) is 0 Å². The van der Waals surface area contributed by atoms with Gasteiger partial charge in [0.15, 0.2) is 5.65 Å². The summed E-state index contributed by atoms with van der Waals surface area (Å²) in [5.74, 6) is 0.625. The molecule has 1 fully saturated rings. The Bertz CT molecular complexity index is 1260. The third-order valence-corrected chi connectivity index (χ3v) is 5.99. The van der Waals surface area contributed by atoms with E-state index < -0.39 is 29.0 Å². The summed E-state index contributed by atoms with van der Waals surface area (Å²) in [7, 11) is 0. The maximum Gasteiger partial charge on any atom is 0.416 e. The van der Waals surface area contributed by atoms with Gasteiger partial charge in [-0.2, -0.15) is 28.2 Å². The average molecular weight is 511 g/mol. The van der Waals surface area contributed by atoms with Gasteiger partial charge >= 0.3 is 12.3 Å². The highest BCUT2D eigenvalue weighted by Crippen LogP contribution is 2.36. The number of halogens is 4. The zero-order valence-electron chi connectivity index (χ0n) is 19.9. The highest BCUT2D eigenvalue weighted by Gasteiger charge is 2.42. The van der Waals surface area contributed by atoms with E-state index >= 15 is 0 Å². The van der Waals surface area contributed by atoms with Crippen molar-refractivity contribution in [2.24, 2.45) is 5.92 Å². The largest absolute Gasteiger partial charge is 0.444 e. The summed E-state index contributed by atoms with van der Waals surface area (Å²) in [6, 6.07) is 4.83. The fraction of sp³-hybridized carbons (Fsp3) is 0.478. The molecule has 8 nitrogen and oxygen atoms in total. The monoisotopic (exact) mass is 510 g/mol. The summed E-state index contributed by atoms with van der Waals surface area (Å²) in [5.41, 5.74) is -1.43. The lowest BCUT2D eigenvalue weighted by molar-refractivity contribution is -0.137. The summed E-state index contributed by atoms with van der Waals surface area (Å²) in [6.07, 6.45) is -3.46. The molecule has 0 spiro atoms. The van der Waals surface area contributed by atoms with Gasteiger partial charge in [0.05, 0.1) is 22.8 Å². The first-order valence-corrected chi connectivity index (χ1v) is 11.4. The molecule has 4 rings (SSSR count). The molecule has 2 aromatic heterocycles. The first kappa shape index (κ1) is 25.0. The average Bonchev–Trinajstić information content (AvgIpc) is 3.07. The fourth-order valence-electron chi connectivity index (χ4n) is 3.89. The van der Waals surface area contributed by atoms with E-state index in [9.17, 15) is 18.0 Å². The van der Waals surface area contributed by atoms with Crippen LogP contribution in [0.1, 0.15) is 40.2 Å². The standard InChI is InChI=1S/C23H26ClF3N6O2/c1-21(2,3)35-20(34)31-22(4,5)14-11-32(12-14)17-16-10-28-33(18(16)30-19(24)29-17)15-8-6-7-13(9-15)23(25,26)27/h6-10,14H,11-12H2,1-5H3,(H,31,34). The highest BCUT2D eigenvalue weighted by atomic mass is 35.5. The number of alkyl carbamates (subject to hydrolysis) is 1. The second-order valence-electron chi connectivity index (χ2n) is 10.1. The second kappa shape index (κ2) is 8.54. The van der Waals surface area contributed by atoms with E-state index in [1.165, 1.54) is 23.0 Å². The van der Waals surface area contributed by atoms with Crippen molar-refractivity contribution < 1.29 is 22.7 Å². The Morgan fingerprint density at radius 2 is 1.83 bits per heavy atom. The molecular weight excluding hydrogens is 485 g/mol. The SMILES string of the molecule is CC(C)(C)OC(=O)NC(C)(C)C1CN(c2nc(Cl)nc3c2cnn3-c2cccc(C(F)(F)F)c2)C1. The normalized spacial score (nSPS) is 15.3. The van der Waals surface area contributed by atoms with Crippen LogP contribution in [-0.4, -0.2) is 50.1 Å². The lowest BCUT2D eigenvalue weighted by Crippen LogP contribution is -2.62. The van der Waals surface area contributed by atoms with Crippen LogP contribution in [-0.2, 0) is 10.9 Å². The van der Waals surface area contributed by atoms with Gasteiger partial charge in [-0.3, -0.25) is 0 Å². The first-order chi connectivity index (χ1) is 16.1. The molecule has 0 radical (unpaired) electrons. The Kier molecular flexibility index (Phi) is 6.11. The van der Waals surface area contributed by atoms with Gasteiger partial charge in [-0.05, 0) is 64.4 Å². The Hall–Kier alpha value is -3.08. The number of hydrogen-bond acceptors (Lipinski definition) is 6. The highest BCUT2D eigenvalue weighted by molar-refractivity contribution is 6.28. The van der Waals surface area contributed by atoms with E-state index in [1.807, 2.05) is 18.7 Å². The Labute approximate surface area is 205 Å². The molecule has 0 bridgehead atoms. The number of aromatic nitrogens is 4. The van der Waals surface area contributed by atoms with Crippen LogP contribution >= 0.6 is 11.6 Å². The van der Waals surface area contributed by atoms with Crippen molar-refractivity contribution in [1.82, 2.24) is 25.1 Å². The van der Waals surface area contributed by atoms with E-state index in [0.717, 1.165) is 12.1 Å².